The molecular weight excluding hydrogens is 840 g/mol. The third-order valence-corrected chi connectivity index (χ3v) is 11.4. The van der Waals surface area contributed by atoms with Crippen molar-refractivity contribution in [2.24, 2.45) is 0 Å². The standard InChI is InChI=1S/C57H95N2O6P/c1-6-8-10-12-14-16-17-18-19-20-21-22-23-24-25-26-27-28-29-30-31-32-33-34-35-36-37-38-39-40-41-43-45-47-49-51-57(61)58-55(54-65-66(62,63)64-53-52-59(3,4)5)56(60)50-48-46-44-42-15-13-11-9-7-2/h7-10,14-16,18-19,21-22,24-25,27-28,30-31,33-34,42,48,50,55-56,60H,6,11-13,17,20,23,26,29,32,35-41,43-47,49,51-54H2,1-5H3,(H-,58,61,62,63)/p+1/b9-7+,10-8-,16-14-,19-18-,22-21-,25-24-,28-27-,31-30-,34-33-,42-15+,50-48+. The van der Waals surface area contributed by atoms with Gasteiger partial charge in [-0.3, -0.25) is 13.8 Å². The molecule has 0 aromatic rings. The number of carbonyl (C=O) groups excluding carboxylic acids is 1. The van der Waals surface area contributed by atoms with Gasteiger partial charge in [0, 0.05) is 6.42 Å². The first kappa shape index (κ1) is 62.6. The molecule has 0 fully saturated rings. The summed E-state index contributed by atoms with van der Waals surface area (Å²) in [5.41, 5.74) is 0. The maximum Gasteiger partial charge on any atom is 0.472 e. The molecule has 3 N–H and O–H groups in total. The Morgan fingerprint density at radius 3 is 1.39 bits per heavy atom. The van der Waals surface area contributed by atoms with Crippen LogP contribution in [0.15, 0.2) is 134 Å². The van der Waals surface area contributed by atoms with Crippen molar-refractivity contribution in [3.8, 4) is 0 Å². The summed E-state index contributed by atoms with van der Waals surface area (Å²) in [6.45, 7) is 4.40. The molecule has 3 atom stereocenters. The van der Waals surface area contributed by atoms with E-state index < -0.39 is 20.0 Å². The smallest absolute Gasteiger partial charge is 0.387 e. The summed E-state index contributed by atoms with van der Waals surface area (Å²) in [5.74, 6) is -0.206. The van der Waals surface area contributed by atoms with Crippen LogP contribution in [0.5, 0.6) is 0 Å². The van der Waals surface area contributed by atoms with Gasteiger partial charge in [0.15, 0.2) is 0 Å². The summed E-state index contributed by atoms with van der Waals surface area (Å²) >= 11 is 0. The Bertz CT molecular complexity index is 1530. The molecule has 0 aromatic heterocycles. The molecule has 374 valence electrons. The van der Waals surface area contributed by atoms with Crippen LogP contribution in [0.2, 0.25) is 0 Å². The number of quaternary nitrogens is 1. The van der Waals surface area contributed by atoms with E-state index in [0.29, 0.717) is 17.4 Å². The van der Waals surface area contributed by atoms with E-state index in [1.165, 1.54) is 44.9 Å². The number of rotatable bonds is 44. The molecule has 0 radical (unpaired) electrons. The van der Waals surface area contributed by atoms with E-state index >= 15 is 0 Å². The zero-order valence-electron chi connectivity index (χ0n) is 42.4. The van der Waals surface area contributed by atoms with E-state index in [0.717, 1.165) is 103 Å². The van der Waals surface area contributed by atoms with Crippen molar-refractivity contribution in [2.45, 2.75) is 180 Å². The van der Waals surface area contributed by atoms with Crippen molar-refractivity contribution < 1.29 is 32.9 Å². The fourth-order valence-corrected chi connectivity index (χ4v) is 7.18. The molecule has 0 aliphatic heterocycles. The number of aliphatic hydroxyl groups is 1. The third-order valence-electron chi connectivity index (χ3n) is 10.4. The largest absolute Gasteiger partial charge is 0.472 e. The Kier molecular flexibility index (Phi) is 44.4. The second-order valence-electron chi connectivity index (χ2n) is 17.8. The van der Waals surface area contributed by atoms with Gasteiger partial charge >= 0.3 is 7.82 Å². The zero-order valence-corrected chi connectivity index (χ0v) is 43.3. The van der Waals surface area contributed by atoms with Gasteiger partial charge in [-0.2, -0.15) is 0 Å². The van der Waals surface area contributed by atoms with Gasteiger partial charge in [-0.1, -0.05) is 192 Å². The number of carbonyl (C=O) groups is 1. The highest BCUT2D eigenvalue weighted by molar-refractivity contribution is 7.47. The monoisotopic (exact) mass is 936 g/mol. The number of hydrogen-bond acceptors (Lipinski definition) is 5. The van der Waals surface area contributed by atoms with Crippen LogP contribution in [0, 0.1) is 0 Å². The molecule has 9 heteroatoms. The molecule has 0 aromatic carbocycles. The number of allylic oxidation sites excluding steroid dienone is 21. The van der Waals surface area contributed by atoms with Gasteiger partial charge in [-0.05, 0) is 103 Å². The van der Waals surface area contributed by atoms with E-state index in [1.54, 1.807) is 6.08 Å². The highest BCUT2D eigenvalue weighted by atomic mass is 31.2. The van der Waals surface area contributed by atoms with Gasteiger partial charge in [-0.25, -0.2) is 4.57 Å². The lowest BCUT2D eigenvalue weighted by Crippen LogP contribution is -2.45. The quantitative estimate of drug-likeness (QED) is 0.0243. The highest BCUT2D eigenvalue weighted by Gasteiger charge is 2.27. The summed E-state index contributed by atoms with van der Waals surface area (Å²) in [6, 6.07) is -0.879. The lowest BCUT2D eigenvalue weighted by molar-refractivity contribution is -0.870. The minimum absolute atomic E-state index is 0.0453. The summed E-state index contributed by atoms with van der Waals surface area (Å²) in [5, 5.41) is 13.7. The third kappa shape index (κ3) is 48.6. The molecule has 1 amide bonds. The average Bonchev–Trinajstić information content (AvgIpc) is 3.28. The molecule has 0 aliphatic carbocycles. The Morgan fingerprint density at radius 1 is 0.545 bits per heavy atom. The number of amides is 1. The van der Waals surface area contributed by atoms with E-state index in [9.17, 15) is 19.4 Å². The van der Waals surface area contributed by atoms with Crippen LogP contribution in [0.25, 0.3) is 0 Å². The van der Waals surface area contributed by atoms with Crippen molar-refractivity contribution in [1.82, 2.24) is 5.32 Å². The second-order valence-corrected chi connectivity index (χ2v) is 19.3. The van der Waals surface area contributed by atoms with Gasteiger partial charge in [0.2, 0.25) is 5.91 Å². The fraction of sp³-hybridized carbons (Fsp3) is 0.596. The van der Waals surface area contributed by atoms with Crippen molar-refractivity contribution in [2.75, 3.05) is 40.9 Å². The molecule has 0 heterocycles. The summed E-state index contributed by atoms with van der Waals surface area (Å²) < 4.78 is 23.5. The Morgan fingerprint density at radius 2 is 0.939 bits per heavy atom. The molecule has 0 aliphatic rings. The van der Waals surface area contributed by atoms with Crippen LogP contribution >= 0.6 is 7.82 Å². The molecular formula is C57H96N2O6P+. The van der Waals surface area contributed by atoms with Gasteiger partial charge in [0.05, 0.1) is 39.9 Å². The molecule has 8 nitrogen and oxygen atoms in total. The predicted molar refractivity (Wildman–Crippen MR) is 285 cm³/mol. The van der Waals surface area contributed by atoms with Crippen molar-refractivity contribution >= 4 is 13.7 Å². The number of likely N-dealkylation sites (N-methyl/N-ethyl adjacent to an activating group) is 1. The summed E-state index contributed by atoms with van der Waals surface area (Å²) in [7, 11) is 1.52. The second kappa shape index (κ2) is 46.7. The number of nitrogens with zero attached hydrogens (tertiary/aromatic N) is 1. The van der Waals surface area contributed by atoms with Gasteiger partial charge in [0.1, 0.15) is 13.2 Å². The lowest BCUT2D eigenvalue weighted by atomic mass is 10.0. The first-order chi connectivity index (χ1) is 32.0. The van der Waals surface area contributed by atoms with Crippen LogP contribution in [0.4, 0.5) is 0 Å². The van der Waals surface area contributed by atoms with Gasteiger partial charge < -0.3 is 19.8 Å². The van der Waals surface area contributed by atoms with Crippen molar-refractivity contribution in [1.29, 1.82) is 0 Å². The lowest BCUT2D eigenvalue weighted by Gasteiger charge is -2.25. The number of aliphatic hydroxyl groups excluding tert-OH is 1. The molecule has 66 heavy (non-hydrogen) atoms. The Hall–Kier alpha value is -3.36. The summed E-state index contributed by atoms with van der Waals surface area (Å²) in [4.78, 5) is 23.1. The number of phosphoric acid groups is 1. The number of unbranched alkanes of at least 4 members (excludes halogenated alkanes) is 12. The van der Waals surface area contributed by atoms with E-state index in [4.69, 9.17) is 9.05 Å². The predicted octanol–water partition coefficient (Wildman–Crippen LogP) is 15.2. The molecule has 0 saturated heterocycles. The first-order valence-corrected chi connectivity index (χ1v) is 27.0. The number of nitrogens with one attached hydrogen (secondary N) is 1. The molecule has 3 unspecified atom stereocenters. The molecule has 0 spiro atoms. The number of phosphoric ester groups is 1. The molecule has 0 saturated carbocycles. The molecule has 0 bridgehead atoms. The molecule has 0 rings (SSSR count). The average molecular weight is 936 g/mol. The highest BCUT2D eigenvalue weighted by Crippen LogP contribution is 2.43. The van der Waals surface area contributed by atoms with Gasteiger partial charge in [-0.15, -0.1) is 0 Å². The number of hydrogen-bond donors (Lipinski definition) is 3. The Balaban J connectivity index is 4.10. The van der Waals surface area contributed by atoms with Crippen molar-refractivity contribution in [3.05, 3.63) is 134 Å². The first-order valence-electron chi connectivity index (χ1n) is 25.5. The summed E-state index contributed by atoms with van der Waals surface area (Å²) in [6.07, 6.45) is 71.5. The minimum Gasteiger partial charge on any atom is -0.387 e. The normalized spacial score (nSPS) is 15.2. The van der Waals surface area contributed by atoms with Crippen LogP contribution in [-0.2, 0) is 18.4 Å². The van der Waals surface area contributed by atoms with Crippen LogP contribution < -0.4 is 5.32 Å². The van der Waals surface area contributed by atoms with E-state index in [-0.39, 0.29) is 19.1 Å². The minimum atomic E-state index is -4.36. The maximum atomic E-state index is 12.9. The SMILES string of the molecule is C/C=C/CC/C=C/CC/C=C/C(O)C(COP(=O)(O)OCC[N+](C)(C)C)NC(=O)CCCCCCCCCCCC/C=C\C/C=C\C/C=C\C/C=C\C/C=C\C/C=C\C/C=C\C/C=C\CC. The van der Waals surface area contributed by atoms with Crippen LogP contribution in [0.3, 0.4) is 0 Å². The van der Waals surface area contributed by atoms with Crippen molar-refractivity contribution in [3.63, 3.8) is 0 Å². The zero-order chi connectivity index (χ0) is 48.5. The van der Waals surface area contributed by atoms with Crippen LogP contribution in [0.1, 0.15) is 168 Å². The van der Waals surface area contributed by atoms with E-state index in [2.05, 4.69) is 128 Å². The van der Waals surface area contributed by atoms with Crippen LogP contribution in [-0.4, -0.2) is 73.4 Å². The van der Waals surface area contributed by atoms with Gasteiger partial charge in [0.25, 0.3) is 0 Å². The topological polar surface area (TPSA) is 105 Å². The fourth-order valence-electron chi connectivity index (χ4n) is 6.45. The Labute approximate surface area is 405 Å². The van der Waals surface area contributed by atoms with E-state index in [1.807, 2.05) is 40.2 Å². The maximum absolute atomic E-state index is 12.9.